The number of aliphatic hydroxyl groups is 1. The molecule has 1 aromatic heterocycles. The third-order valence-electron chi connectivity index (χ3n) is 4.80. The zero-order valence-electron chi connectivity index (χ0n) is 18.1. The van der Waals surface area contributed by atoms with Crippen LogP contribution in [-0.4, -0.2) is 40.1 Å². The largest absolute Gasteiger partial charge is 0.507 e. The van der Waals surface area contributed by atoms with Crippen LogP contribution in [0.25, 0.3) is 16.6 Å². The Morgan fingerprint density at radius 1 is 1.16 bits per heavy atom. The number of esters is 1. The number of imidazole rings is 1. The summed E-state index contributed by atoms with van der Waals surface area (Å²) in [6.45, 7) is 5.34. The number of benzene rings is 2. The van der Waals surface area contributed by atoms with E-state index in [1.54, 1.807) is 30.3 Å². The normalized spacial score (nSPS) is 12.1. The molecule has 0 aliphatic carbocycles. The van der Waals surface area contributed by atoms with Gasteiger partial charge in [-0.2, -0.15) is 5.26 Å². The molecule has 3 aromatic rings. The van der Waals surface area contributed by atoms with Gasteiger partial charge in [0, 0.05) is 5.56 Å². The van der Waals surface area contributed by atoms with Gasteiger partial charge in [-0.1, -0.05) is 45.0 Å². The van der Waals surface area contributed by atoms with E-state index in [-0.39, 0.29) is 23.4 Å². The van der Waals surface area contributed by atoms with Crippen molar-refractivity contribution < 1.29 is 19.4 Å². The standard InChI is InChI=1S/C24H24N4O4/c1-24(2,3)16-10-8-15(9-11-16)23(31)26-13-21(30)32-14-20(29)17(12-25)22-27-18-6-4-5-7-19(18)28-22/h4-11,29H,13-14H2,1-3H3,(H,26,31)(H,27,28). The molecule has 32 heavy (non-hydrogen) atoms. The molecule has 164 valence electrons. The number of rotatable bonds is 6. The molecule has 0 fully saturated rings. The molecular formula is C24H24N4O4. The lowest BCUT2D eigenvalue weighted by Crippen LogP contribution is -2.31. The predicted octanol–water partition coefficient (Wildman–Crippen LogP) is 3.63. The van der Waals surface area contributed by atoms with Crippen molar-refractivity contribution in [2.24, 2.45) is 0 Å². The summed E-state index contributed by atoms with van der Waals surface area (Å²) in [6, 6.07) is 16.2. The van der Waals surface area contributed by atoms with Crippen LogP contribution in [0.5, 0.6) is 0 Å². The molecule has 1 heterocycles. The summed E-state index contributed by atoms with van der Waals surface area (Å²) in [5, 5.41) is 22.1. The lowest BCUT2D eigenvalue weighted by molar-refractivity contribution is -0.142. The summed E-state index contributed by atoms with van der Waals surface area (Å²) in [5.74, 6) is -1.43. The van der Waals surface area contributed by atoms with Crippen LogP contribution in [0.1, 0.15) is 42.5 Å². The van der Waals surface area contributed by atoms with Gasteiger partial charge in [-0.15, -0.1) is 0 Å². The number of aromatic amines is 1. The Balaban J connectivity index is 1.56. The minimum absolute atomic E-state index is 0.0288. The molecule has 0 saturated carbocycles. The fourth-order valence-corrected chi connectivity index (χ4v) is 2.97. The van der Waals surface area contributed by atoms with E-state index < -0.39 is 24.2 Å². The average molecular weight is 432 g/mol. The number of ether oxygens (including phenoxy) is 1. The molecule has 3 N–H and O–H groups in total. The molecule has 8 nitrogen and oxygen atoms in total. The second-order valence-corrected chi connectivity index (χ2v) is 8.21. The quantitative estimate of drug-likeness (QED) is 0.310. The Bertz CT molecular complexity index is 1180. The second kappa shape index (κ2) is 9.35. The summed E-state index contributed by atoms with van der Waals surface area (Å²) >= 11 is 0. The maximum atomic E-state index is 12.2. The fraction of sp³-hybridized carbons (Fsp3) is 0.250. The molecule has 0 unspecified atom stereocenters. The van der Waals surface area contributed by atoms with Crippen molar-refractivity contribution in [2.75, 3.05) is 13.2 Å². The third kappa shape index (κ3) is 5.32. The highest BCUT2D eigenvalue weighted by Gasteiger charge is 2.17. The lowest BCUT2D eigenvalue weighted by Gasteiger charge is -2.19. The number of amides is 1. The van der Waals surface area contributed by atoms with Crippen LogP contribution in [0.2, 0.25) is 0 Å². The molecule has 0 aliphatic rings. The lowest BCUT2D eigenvalue weighted by atomic mass is 9.87. The van der Waals surface area contributed by atoms with Gasteiger partial charge in [0.25, 0.3) is 5.91 Å². The van der Waals surface area contributed by atoms with Gasteiger partial charge in [-0.25, -0.2) is 4.98 Å². The summed E-state index contributed by atoms with van der Waals surface area (Å²) in [6.07, 6.45) is 0. The Kier molecular flexibility index (Phi) is 6.59. The highest BCUT2D eigenvalue weighted by molar-refractivity contribution is 5.96. The number of carbonyl (C=O) groups is 2. The van der Waals surface area contributed by atoms with Crippen molar-refractivity contribution in [3.63, 3.8) is 0 Å². The van der Waals surface area contributed by atoms with Crippen LogP contribution >= 0.6 is 0 Å². The van der Waals surface area contributed by atoms with Crippen LogP contribution in [0.4, 0.5) is 0 Å². The van der Waals surface area contributed by atoms with Gasteiger partial charge >= 0.3 is 5.97 Å². The molecule has 0 radical (unpaired) electrons. The Morgan fingerprint density at radius 2 is 1.84 bits per heavy atom. The first-order chi connectivity index (χ1) is 15.2. The van der Waals surface area contributed by atoms with Crippen LogP contribution in [0, 0.1) is 11.3 Å². The molecule has 2 aromatic carbocycles. The monoisotopic (exact) mass is 432 g/mol. The molecule has 0 saturated heterocycles. The van der Waals surface area contributed by atoms with Gasteiger partial charge in [0.2, 0.25) is 0 Å². The number of nitriles is 1. The SMILES string of the molecule is CC(C)(C)c1ccc(C(=O)NCC(=O)OCC(O)=C(C#N)c2nc3ccccc3[nH]2)cc1. The molecule has 0 spiro atoms. The van der Waals surface area contributed by atoms with Gasteiger partial charge in [0.15, 0.2) is 11.6 Å². The van der Waals surface area contributed by atoms with Crippen molar-refractivity contribution in [2.45, 2.75) is 26.2 Å². The van der Waals surface area contributed by atoms with E-state index in [4.69, 9.17) is 4.74 Å². The first kappa shape index (κ1) is 22.6. The Labute approximate surface area is 185 Å². The van der Waals surface area contributed by atoms with Gasteiger partial charge in [-0.05, 0) is 35.2 Å². The number of aliphatic hydroxyl groups excluding tert-OH is 1. The van der Waals surface area contributed by atoms with Crippen molar-refractivity contribution in [3.05, 3.63) is 71.2 Å². The second-order valence-electron chi connectivity index (χ2n) is 8.21. The van der Waals surface area contributed by atoms with Crippen LogP contribution in [-0.2, 0) is 14.9 Å². The van der Waals surface area contributed by atoms with Crippen molar-refractivity contribution in [1.82, 2.24) is 15.3 Å². The first-order valence-corrected chi connectivity index (χ1v) is 10.0. The summed E-state index contributed by atoms with van der Waals surface area (Å²) in [4.78, 5) is 31.4. The summed E-state index contributed by atoms with van der Waals surface area (Å²) in [7, 11) is 0. The smallest absolute Gasteiger partial charge is 0.325 e. The number of nitrogens with zero attached hydrogens (tertiary/aromatic N) is 2. The molecule has 0 aliphatic heterocycles. The number of carbonyl (C=O) groups excluding carboxylic acids is 2. The van der Waals surface area contributed by atoms with Gasteiger partial charge in [0.1, 0.15) is 24.8 Å². The molecular weight excluding hydrogens is 408 g/mol. The first-order valence-electron chi connectivity index (χ1n) is 10.0. The molecule has 1 amide bonds. The third-order valence-corrected chi connectivity index (χ3v) is 4.80. The van der Waals surface area contributed by atoms with E-state index in [2.05, 4.69) is 36.1 Å². The Hall–Kier alpha value is -4.12. The van der Waals surface area contributed by atoms with Crippen molar-refractivity contribution in [1.29, 1.82) is 5.26 Å². The average Bonchev–Trinajstić information content (AvgIpc) is 3.19. The summed E-state index contributed by atoms with van der Waals surface area (Å²) in [5.41, 5.74) is 2.70. The maximum absolute atomic E-state index is 12.2. The topological polar surface area (TPSA) is 128 Å². The minimum atomic E-state index is -0.752. The summed E-state index contributed by atoms with van der Waals surface area (Å²) < 4.78 is 4.98. The van der Waals surface area contributed by atoms with E-state index in [1.165, 1.54) is 0 Å². The highest BCUT2D eigenvalue weighted by Crippen LogP contribution is 2.22. The van der Waals surface area contributed by atoms with E-state index in [9.17, 15) is 20.0 Å². The molecule has 0 atom stereocenters. The zero-order valence-corrected chi connectivity index (χ0v) is 18.1. The van der Waals surface area contributed by atoms with E-state index >= 15 is 0 Å². The number of hydrogen-bond acceptors (Lipinski definition) is 6. The molecule has 3 rings (SSSR count). The number of hydrogen-bond donors (Lipinski definition) is 3. The van der Waals surface area contributed by atoms with E-state index in [0.29, 0.717) is 16.6 Å². The van der Waals surface area contributed by atoms with Gasteiger partial charge in [-0.3, -0.25) is 9.59 Å². The van der Waals surface area contributed by atoms with Crippen LogP contribution < -0.4 is 5.32 Å². The number of fused-ring (bicyclic) bond motifs is 1. The minimum Gasteiger partial charge on any atom is -0.507 e. The molecule has 8 heteroatoms. The number of para-hydroxylation sites is 2. The van der Waals surface area contributed by atoms with Crippen molar-refractivity contribution in [3.8, 4) is 6.07 Å². The highest BCUT2D eigenvalue weighted by atomic mass is 16.5. The van der Waals surface area contributed by atoms with Gasteiger partial charge in [0.05, 0.1) is 11.0 Å². The number of allylic oxidation sites excluding steroid dienone is 1. The zero-order chi connectivity index (χ0) is 23.3. The maximum Gasteiger partial charge on any atom is 0.325 e. The van der Waals surface area contributed by atoms with Crippen LogP contribution in [0.3, 0.4) is 0 Å². The number of nitrogens with one attached hydrogen (secondary N) is 2. The van der Waals surface area contributed by atoms with Crippen molar-refractivity contribution >= 4 is 28.5 Å². The number of aromatic nitrogens is 2. The Morgan fingerprint density at radius 3 is 2.47 bits per heavy atom. The van der Waals surface area contributed by atoms with Gasteiger partial charge < -0.3 is 20.1 Å². The van der Waals surface area contributed by atoms with E-state index in [1.807, 2.05) is 24.3 Å². The van der Waals surface area contributed by atoms with Crippen LogP contribution in [0.15, 0.2) is 54.3 Å². The number of H-pyrrole nitrogens is 1. The fourth-order valence-electron chi connectivity index (χ4n) is 2.97. The van der Waals surface area contributed by atoms with E-state index in [0.717, 1.165) is 5.56 Å². The molecule has 0 bridgehead atoms. The predicted molar refractivity (Wildman–Crippen MR) is 120 cm³/mol.